The van der Waals surface area contributed by atoms with Crippen LogP contribution in [0.25, 0.3) is 0 Å². The molecule has 0 aliphatic heterocycles. The average molecular weight is 305 g/mol. The highest BCUT2D eigenvalue weighted by atomic mass is 79.9. The van der Waals surface area contributed by atoms with Gasteiger partial charge < -0.3 is 9.84 Å². The second-order valence-electron chi connectivity index (χ2n) is 4.49. The zero-order valence-electron chi connectivity index (χ0n) is 10.3. The molecule has 1 aromatic rings. The first-order chi connectivity index (χ1) is 7.86. The van der Waals surface area contributed by atoms with E-state index in [0.717, 1.165) is 10.0 Å². The van der Waals surface area contributed by atoms with Crippen molar-refractivity contribution in [1.29, 1.82) is 0 Å². The first-order valence-corrected chi connectivity index (χ1v) is 6.42. The Balaban J connectivity index is 2.80. The van der Waals surface area contributed by atoms with E-state index in [4.69, 9.17) is 4.74 Å². The Morgan fingerprint density at radius 3 is 2.71 bits per heavy atom. The highest BCUT2D eigenvalue weighted by molar-refractivity contribution is 9.10. The fourth-order valence-corrected chi connectivity index (χ4v) is 2.03. The summed E-state index contributed by atoms with van der Waals surface area (Å²) in [4.78, 5) is 0. The molecular formula is C13H18BrFO2. The molecule has 2 nitrogen and oxygen atoms in total. The summed E-state index contributed by atoms with van der Waals surface area (Å²) >= 11 is 3.35. The van der Waals surface area contributed by atoms with Gasteiger partial charge in [0.05, 0.1) is 11.7 Å². The molecule has 0 aromatic heterocycles. The maximum atomic E-state index is 13.1. The molecule has 17 heavy (non-hydrogen) atoms. The predicted molar refractivity (Wildman–Crippen MR) is 69.5 cm³/mol. The number of hydrogen-bond donors (Lipinski definition) is 1. The van der Waals surface area contributed by atoms with Crippen LogP contribution in [0.15, 0.2) is 22.7 Å². The summed E-state index contributed by atoms with van der Waals surface area (Å²) in [6.07, 6.45) is -0.328. The van der Waals surface area contributed by atoms with Crippen LogP contribution in [0, 0.1) is 5.82 Å². The first kappa shape index (κ1) is 14.6. The maximum Gasteiger partial charge on any atom is 0.123 e. The first-order valence-electron chi connectivity index (χ1n) is 5.62. The Morgan fingerprint density at radius 1 is 1.47 bits per heavy atom. The van der Waals surface area contributed by atoms with Gasteiger partial charge >= 0.3 is 0 Å². The number of hydrogen-bond acceptors (Lipinski definition) is 2. The van der Waals surface area contributed by atoms with Gasteiger partial charge in [0.1, 0.15) is 5.82 Å². The zero-order chi connectivity index (χ0) is 13.1. The highest BCUT2D eigenvalue weighted by Crippen LogP contribution is 2.24. The fourth-order valence-electron chi connectivity index (χ4n) is 1.62. The van der Waals surface area contributed by atoms with E-state index in [-0.39, 0.29) is 5.82 Å². The van der Waals surface area contributed by atoms with Gasteiger partial charge in [0.2, 0.25) is 0 Å². The van der Waals surface area contributed by atoms with E-state index in [1.54, 1.807) is 6.07 Å². The van der Waals surface area contributed by atoms with Crippen LogP contribution in [0.3, 0.4) is 0 Å². The number of rotatable bonds is 5. The molecular weight excluding hydrogens is 287 g/mol. The summed E-state index contributed by atoms with van der Waals surface area (Å²) in [5, 5.41) is 10.1. The van der Waals surface area contributed by atoms with Gasteiger partial charge in [0, 0.05) is 17.5 Å². The Labute approximate surface area is 110 Å². The molecule has 0 heterocycles. The van der Waals surface area contributed by atoms with Crippen LogP contribution in [0.2, 0.25) is 0 Å². The van der Waals surface area contributed by atoms with Crippen LogP contribution in [0.5, 0.6) is 0 Å². The van der Waals surface area contributed by atoms with Crippen molar-refractivity contribution in [3.63, 3.8) is 0 Å². The molecule has 0 saturated carbocycles. The van der Waals surface area contributed by atoms with Crippen LogP contribution >= 0.6 is 15.9 Å². The minimum absolute atomic E-state index is 0.301. The molecule has 0 aliphatic carbocycles. The van der Waals surface area contributed by atoms with Gasteiger partial charge in [-0.1, -0.05) is 15.9 Å². The van der Waals surface area contributed by atoms with E-state index >= 15 is 0 Å². The Hall–Kier alpha value is -0.450. The molecule has 0 aliphatic rings. The second-order valence-corrected chi connectivity index (χ2v) is 5.35. The van der Waals surface area contributed by atoms with Crippen molar-refractivity contribution >= 4 is 15.9 Å². The monoisotopic (exact) mass is 304 g/mol. The summed E-state index contributed by atoms with van der Waals surface area (Å²) in [5.74, 6) is -0.301. The summed E-state index contributed by atoms with van der Waals surface area (Å²) < 4.78 is 19.4. The molecule has 1 aromatic carbocycles. The van der Waals surface area contributed by atoms with Crippen LogP contribution < -0.4 is 0 Å². The molecule has 0 spiro atoms. The van der Waals surface area contributed by atoms with Gasteiger partial charge in [0.15, 0.2) is 0 Å². The summed E-state index contributed by atoms with van der Waals surface area (Å²) in [7, 11) is 0. The average Bonchev–Trinajstić information content (AvgIpc) is 2.23. The van der Waals surface area contributed by atoms with Crippen molar-refractivity contribution < 1.29 is 14.2 Å². The van der Waals surface area contributed by atoms with E-state index in [0.29, 0.717) is 13.0 Å². The van der Waals surface area contributed by atoms with Crippen molar-refractivity contribution in [2.24, 2.45) is 0 Å². The lowest BCUT2D eigenvalue weighted by Gasteiger charge is -2.30. The van der Waals surface area contributed by atoms with Gasteiger partial charge in [-0.2, -0.15) is 0 Å². The van der Waals surface area contributed by atoms with E-state index in [1.165, 1.54) is 12.1 Å². The molecule has 1 atom stereocenters. The normalized spacial score (nSPS) is 13.8. The van der Waals surface area contributed by atoms with Crippen LogP contribution in [0.4, 0.5) is 4.39 Å². The molecule has 0 amide bonds. The number of aliphatic hydroxyl groups excluding tert-OH is 1. The Kier molecular flexibility index (Phi) is 5.10. The number of aliphatic hydroxyl groups is 1. The van der Waals surface area contributed by atoms with Gasteiger partial charge in [-0.25, -0.2) is 4.39 Å². The minimum Gasteiger partial charge on any atom is -0.390 e. The predicted octanol–water partition coefficient (Wildman–Crippen LogP) is 3.31. The summed E-state index contributed by atoms with van der Waals surface area (Å²) in [6, 6.07) is 4.45. The Morgan fingerprint density at radius 2 is 2.12 bits per heavy atom. The number of benzene rings is 1. The molecule has 0 radical (unpaired) electrons. The molecule has 1 rings (SSSR count). The highest BCUT2D eigenvalue weighted by Gasteiger charge is 2.28. The van der Waals surface area contributed by atoms with E-state index in [1.807, 2.05) is 20.8 Å². The fraction of sp³-hybridized carbons (Fsp3) is 0.538. The lowest BCUT2D eigenvalue weighted by molar-refractivity contribution is -0.0955. The third-order valence-corrected chi connectivity index (χ3v) is 3.51. The lowest BCUT2D eigenvalue weighted by Crippen LogP contribution is -2.40. The van der Waals surface area contributed by atoms with Crippen LogP contribution in [-0.4, -0.2) is 23.4 Å². The summed E-state index contributed by atoms with van der Waals surface area (Å²) in [6.45, 7) is 6.07. The third-order valence-electron chi connectivity index (χ3n) is 2.74. The third kappa shape index (κ3) is 4.05. The van der Waals surface area contributed by atoms with E-state index in [2.05, 4.69) is 15.9 Å². The van der Waals surface area contributed by atoms with Gasteiger partial charge in [-0.3, -0.25) is 0 Å². The largest absolute Gasteiger partial charge is 0.390 e. The number of halogens is 2. The van der Waals surface area contributed by atoms with Crippen LogP contribution in [-0.2, 0) is 11.2 Å². The molecule has 1 unspecified atom stereocenters. The maximum absolute atomic E-state index is 13.1. The molecule has 4 heteroatoms. The van der Waals surface area contributed by atoms with E-state index in [9.17, 15) is 9.50 Å². The van der Waals surface area contributed by atoms with Gasteiger partial charge in [-0.15, -0.1) is 0 Å². The smallest absolute Gasteiger partial charge is 0.123 e. The van der Waals surface area contributed by atoms with Crippen molar-refractivity contribution in [3.05, 3.63) is 34.1 Å². The zero-order valence-corrected chi connectivity index (χ0v) is 11.9. The molecule has 0 fully saturated rings. The summed E-state index contributed by atoms with van der Waals surface area (Å²) in [5.41, 5.74) is 0.103. The van der Waals surface area contributed by atoms with Crippen LogP contribution in [0.1, 0.15) is 26.3 Å². The van der Waals surface area contributed by atoms with E-state index < -0.39 is 11.7 Å². The quantitative estimate of drug-likeness (QED) is 0.904. The van der Waals surface area contributed by atoms with Crippen molar-refractivity contribution in [1.82, 2.24) is 0 Å². The Bertz CT molecular complexity index is 380. The standard InChI is InChI=1S/C13H18BrFO2/c1-4-17-13(2,3)12(16)8-9-7-10(15)5-6-11(9)14/h5-7,12,16H,4,8H2,1-3H3. The lowest BCUT2D eigenvalue weighted by atomic mass is 9.95. The van der Waals surface area contributed by atoms with Crippen molar-refractivity contribution in [3.8, 4) is 0 Å². The van der Waals surface area contributed by atoms with Crippen molar-refractivity contribution in [2.75, 3.05) is 6.61 Å². The minimum atomic E-state index is -0.680. The topological polar surface area (TPSA) is 29.5 Å². The SMILES string of the molecule is CCOC(C)(C)C(O)Cc1cc(F)ccc1Br. The molecule has 96 valence electrons. The molecule has 0 bridgehead atoms. The van der Waals surface area contributed by atoms with Gasteiger partial charge in [0.25, 0.3) is 0 Å². The molecule has 1 N–H and O–H groups in total. The van der Waals surface area contributed by atoms with Gasteiger partial charge in [-0.05, 0) is 44.5 Å². The molecule has 0 saturated heterocycles. The van der Waals surface area contributed by atoms with Crippen molar-refractivity contribution in [2.45, 2.75) is 38.9 Å². The second kappa shape index (κ2) is 5.94. The number of ether oxygens (including phenoxy) is 1.